The number of hydrogen-bond acceptors (Lipinski definition) is 2. The van der Waals surface area contributed by atoms with Gasteiger partial charge in [-0.25, -0.2) is 17.4 Å². The Morgan fingerprint density at radius 3 is 2.10 bits per heavy atom. The molecule has 0 aliphatic heterocycles. The molecule has 1 aromatic rings. The molecule has 1 atom stereocenters. The van der Waals surface area contributed by atoms with Crippen molar-refractivity contribution in [2.24, 2.45) is 0 Å². The van der Waals surface area contributed by atoms with Crippen LogP contribution in [0, 0.1) is 5.82 Å². The Bertz CT molecular complexity index is 471. The average molecular weight is 309 g/mol. The van der Waals surface area contributed by atoms with Crippen LogP contribution in [0.3, 0.4) is 0 Å². The summed E-state index contributed by atoms with van der Waals surface area (Å²) >= 11 is -2.57. The minimum Gasteiger partial charge on any atom is -0.361 e. The highest BCUT2D eigenvalue weighted by molar-refractivity contribution is 7.79. The maximum atomic E-state index is 13.8. The van der Waals surface area contributed by atoms with E-state index in [-0.39, 0.29) is 0 Å². The zero-order valence-corrected chi connectivity index (χ0v) is 12.4. The van der Waals surface area contributed by atoms with Gasteiger partial charge in [0, 0.05) is 11.2 Å². The van der Waals surface area contributed by atoms with Gasteiger partial charge in [0.25, 0.3) is 5.92 Å². The largest absolute Gasteiger partial charge is 0.361 e. The smallest absolute Gasteiger partial charge is 0.278 e. The molecular formula is C13H18F3NO2S. The predicted octanol–water partition coefficient (Wildman–Crippen LogP) is 3.29. The summed E-state index contributed by atoms with van der Waals surface area (Å²) in [6, 6.07) is 5.20. The molecule has 114 valence electrons. The highest BCUT2D eigenvalue weighted by Gasteiger charge is 2.37. The van der Waals surface area contributed by atoms with Crippen LogP contribution in [0.1, 0.15) is 20.8 Å². The molecule has 0 spiro atoms. The average Bonchev–Trinajstić information content (AvgIpc) is 2.24. The van der Waals surface area contributed by atoms with Gasteiger partial charge >= 0.3 is 0 Å². The molecule has 1 aromatic carbocycles. The molecule has 0 radical (unpaired) electrons. The third-order valence-corrected chi connectivity index (χ3v) is 3.34. The van der Waals surface area contributed by atoms with E-state index in [9.17, 15) is 17.4 Å². The first-order valence-electron chi connectivity index (χ1n) is 6.00. The van der Waals surface area contributed by atoms with E-state index in [1.165, 1.54) is 29.2 Å². The van der Waals surface area contributed by atoms with Crippen LogP contribution < -0.4 is 4.90 Å². The van der Waals surface area contributed by atoms with Gasteiger partial charge in [-0.15, -0.1) is 0 Å². The highest BCUT2D eigenvalue weighted by Crippen LogP contribution is 2.28. The van der Waals surface area contributed by atoms with Crippen LogP contribution in [0.2, 0.25) is 0 Å². The summed E-state index contributed by atoms with van der Waals surface area (Å²) in [5.41, 5.74) is -0.208. The molecule has 7 heteroatoms. The van der Waals surface area contributed by atoms with Crippen molar-refractivity contribution in [1.29, 1.82) is 0 Å². The first-order valence-corrected chi connectivity index (χ1v) is 7.27. The fourth-order valence-electron chi connectivity index (χ4n) is 1.79. The molecule has 0 heterocycles. The van der Waals surface area contributed by atoms with Crippen LogP contribution in [0.5, 0.6) is 0 Å². The maximum absolute atomic E-state index is 13.8. The van der Waals surface area contributed by atoms with Gasteiger partial charge in [0.05, 0.1) is 6.54 Å². The predicted molar refractivity (Wildman–Crippen MR) is 74.1 cm³/mol. The number of anilines is 1. The van der Waals surface area contributed by atoms with Gasteiger partial charge in [0.15, 0.2) is 11.1 Å². The molecule has 0 aliphatic rings. The molecule has 1 N–H and O–H groups in total. The first-order chi connectivity index (χ1) is 9.01. The van der Waals surface area contributed by atoms with Gasteiger partial charge in [-0.3, -0.25) is 0 Å². The Morgan fingerprint density at radius 1 is 1.20 bits per heavy atom. The summed E-state index contributed by atoms with van der Waals surface area (Å²) < 4.78 is 59.6. The van der Waals surface area contributed by atoms with Gasteiger partial charge in [-0.2, -0.15) is 0 Å². The van der Waals surface area contributed by atoms with Crippen molar-refractivity contribution < 1.29 is 21.9 Å². The lowest BCUT2D eigenvalue weighted by Gasteiger charge is -2.39. The Balaban J connectivity index is 3.02. The van der Waals surface area contributed by atoms with Crippen LogP contribution in [0.25, 0.3) is 0 Å². The molecule has 0 saturated carbocycles. The zero-order valence-electron chi connectivity index (χ0n) is 11.6. The third-order valence-electron chi connectivity index (χ3n) is 2.67. The first kappa shape index (κ1) is 17.0. The van der Waals surface area contributed by atoms with E-state index in [1.807, 2.05) is 0 Å². The lowest BCUT2D eigenvalue weighted by molar-refractivity contribution is 0.0294. The molecule has 0 aromatic heterocycles. The molecule has 20 heavy (non-hydrogen) atoms. The normalized spacial score (nSPS) is 14.2. The minimum atomic E-state index is -3.32. The van der Waals surface area contributed by atoms with Crippen LogP contribution in [0.15, 0.2) is 24.3 Å². The molecule has 1 unspecified atom stereocenters. The number of alkyl halides is 2. The summed E-state index contributed by atoms with van der Waals surface area (Å²) in [5, 5.41) is 0. The molecule has 0 bridgehead atoms. The highest BCUT2D eigenvalue weighted by atomic mass is 32.2. The third kappa shape index (κ3) is 5.13. The second-order valence-corrected chi connectivity index (χ2v) is 6.49. The summed E-state index contributed by atoms with van der Waals surface area (Å²) in [4.78, 5) is 1.39. The number of halogens is 3. The number of benzene rings is 1. The number of hydrogen-bond donors (Lipinski definition) is 1. The molecular weight excluding hydrogens is 291 g/mol. The Morgan fingerprint density at radius 2 is 1.70 bits per heavy atom. The van der Waals surface area contributed by atoms with E-state index in [1.54, 1.807) is 20.8 Å². The van der Waals surface area contributed by atoms with E-state index in [0.717, 1.165) is 0 Å². The summed E-state index contributed by atoms with van der Waals surface area (Å²) in [6.07, 6.45) is 0. The monoisotopic (exact) mass is 309 g/mol. The lowest BCUT2D eigenvalue weighted by Crippen LogP contribution is -2.49. The fourth-order valence-corrected chi connectivity index (χ4v) is 2.25. The SMILES string of the molecule is CC(C)(C)N(CC(F)(F)CS(=O)O)c1ccc(F)cc1. The van der Waals surface area contributed by atoms with Gasteiger partial charge in [0.2, 0.25) is 0 Å². The van der Waals surface area contributed by atoms with Gasteiger partial charge < -0.3 is 9.45 Å². The van der Waals surface area contributed by atoms with Crippen LogP contribution in [-0.4, -0.2) is 32.5 Å². The minimum absolute atomic E-state index is 0.433. The van der Waals surface area contributed by atoms with Gasteiger partial charge in [-0.05, 0) is 45.0 Å². The second kappa shape index (κ2) is 6.13. The van der Waals surface area contributed by atoms with Crippen molar-refractivity contribution in [3.05, 3.63) is 30.1 Å². The zero-order chi connectivity index (χ0) is 15.6. The van der Waals surface area contributed by atoms with Crippen LogP contribution in [-0.2, 0) is 11.1 Å². The molecule has 0 aliphatic carbocycles. The van der Waals surface area contributed by atoms with Crippen molar-refractivity contribution in [2.75, 3.05) is 17.2 Å². The molecule has 0 saturated heterocycles. The molecule has 0 amide bonds. The summed E-state index contributed by atoms with van der Waals surface area (Å²) in [5.74, 6) is -4.90. The fraction of sp³-hybridized carbons (Fsp3) is 0.538. The van der Waals surface area contributed by atoms with E-state index < -0.39 is 40.7 Å². The Kier molecular flexibility index (Phi) is 5.21. The quantitative estimate of drug-likeness (QED) is 0.849. The molecule has 1 rings (SSSR count). The Labute approximate surface area is 119 Å². The van der Waals surface area contributed by atoms with Crippen molar-refractivity contribution in [3.8, 4) is 0 Å². The maximum Gasteiger partial charge on any atom is 0.278 e. The van der Waals surface area contributed by atoms with E-state index in [4.69, 9.17) is 4.55 Å². The number of rotatable bonds is 5. The number of nitrogens with zero attached hydrogens (tertiary/aromatic N) is 1. The van der Waals surface area contributed by atoms with Gasteiger partial charge in [0.1, 0.15) is 11.6 Å². The summed E-state index contributed by atoms with van der Waals surface area (Å²) in [7, 11) is 0. The van der Waals surface area contributed by atoms with Crippen molar-refractivity contribution >= 4 is 16.8 Å². The topological polar surface area (TPSA) is 40.5 Å². The summed E-state index contributed by atoms with van der Waals surface area (Å²) in [6.45, 7) is 4.50. The Hall–Kier alpha value is -1.08. The van der Waals surface area contributed by atoms with Gasteiger partial charge in [-0.1, -0.05) is 0 Å². The van der Waals surface area contributed by atoms with E-state index >= 15 is 0 Å². The van der Waals surface area contributed by atoms with Crippen molar-refractivity contribution in [3.63, 3.8) is 0 Å². The lowest BCUT2D eigenvalue weighted by atomic mass is 10.0. The van der Waals surface area contributed by atoms with E-state index in [2.05, 4.69) is 0 Å². The molecule has 0 fully saturated rings. The van der Waals surface area contributed by atoms with Crippen molar-refractivity contribution in [1.82, 2.24) is 0 Å². The standard InChI is InChI=1S/C13H18F3NO2S/c1-12(2,3)17(8-13(15,16)9-20(18)19)11-6-4-10(14)5-7-11/h4-7H,8-9H2,1-3H3,(H,18,19). The molecule has 3 nitrogen and oxygen atoms in total. The second-order valence-electron chi connectivity index (χ2n) is 5.56. The van der Waals surface area contributed by atoms with Crippen molar-refractivity contribution in [2.45, 2.75) is 32.2 Å². The van der Waals surface area contributed by atoms with E-state index in [0.29, 0.717) is 5.69 Å². The van der Waals surface area contributed by atoms with Crippen LogP contribution in [0.4, 0.5) is 18.9 Å². The van der Waals surface area contributed by atoms with Crippen LogP contribution >= 0.6 is 0 Å².